The molecule has 0 aliphatic heterocycles. The molecule has 3 aromatic carbocycles. The van der Waals surface area contributed by atoms with Crippen LogP contribution in [0.5, 0.6) is 0 Å². The number of urea groups is 1. The molecule has 0 aliphatic carbocycles. The van der Waals surface area contributed by atoms with Gasteiger partial charge >= 0.3 is 6.03 Å². The van der Waals surface area contributed by atoms with Gasteiger partial charge in [0.1, 0.15) is 5.15 Å². The van der Waals surface area contributed by atoms with Crippen molar-refractivity contribution >= 4 is 70.3 Å². The minimum atomic E-state index is -0.635. The lowest BCUT2D eigenvalue weighted by atomic mass is 10.1. The van der Waals surface area contributed by atoms with Gasteiger partial charge in [0.05, 0.1) is 28.5 Å². The first-order chi connectivity index (χ1) is 20.3. The number of anilines is 1. The molecule has 0 unspecified atom stereocenters. The highest BCUT2D eigenvalue weighted by Crippen LogP contribution is 2.41. The second-order valence-corrected chi connectivity index (χ2v) is 10.9. The van der Waals surface area contributed by atoms with Crippen LogP contribution in [0.15, 0.2) is 100.0 Å². The molecule has 2 amide bonds. The lowest BCUT2D eigenvalue weighted by Gasteiger charge is -2.21. The van der Waals surface area contributed by atoms with E-state index in [9.17, 15) is 9.59 Å². The molecule has 0 saturated heterocycles. The highest BCUT2D eigenvalue weighted by molar-refractivity contribution is 7.99. The van der Waals surface area contributed by atoms with Crippen molar-refractivity contribution in [2.45, 2.75) is 16.1 Å². The number of carbonyl (C=O) groups excluding carboxylic acids is 2. The SMILES string of the molecule is COC(CNC(=O)N(N=Cc1ccccc1)c1cc(Cl)c(Sc2ccc(C(=O)c3ccc(Cl)nc3)cc2)c(Cl)c1)OC. The summed E-state index contributed by atoms with van der Waals surface area (Å²) in [5.74, 6) is -0.173. The summed E-state index contributed by atoms with van der Waals surface area (Å²) in [5.41, 5.74) is 2.08. The number of halogens is 3. The summed E-state index contributed by atoms with van der Waals surface area (Å²) in [6.45, 7) is 0.0889. The number of pyridine rings is 1. The number of ether oxygens (including phenoxy) is 2. The predicted molar refractivity (Wildman–Crippen MR) is 167 cm³/mol. The van der Waals surface area contributed by atoms with Crippen LogP contribution in [0.25, 0.3) is 0 Å². The normalized spacial score (nSPS) is 11.2. The van der Waals surface area contributed by atoms with Gasteiger partial charge in [0.15, 0.2) is 12.1 Å². The Hall–Kier alpha value is -3.44. The van der Waals surface area contributed by atoms with Crippen LogP contribution in [0, 0.1) is 0 Å². The first-order valence-corrected chi connectivity index (χ1v) is 14.4. The highest BCUT2D eigenvalue weighted by Gasteiger charge is 2.20. The van der Waals surface area contributed by atoms with E-state index in [2.05, 4.69) is 15.4 Å². The number of methoxy groups -OCH3 is 2. The van der Waals surface area contributed by atoms with E-state index in [0.717, 1.165) is 15.5 Å². The number of hydrogen-bond acceptors (Lipinski definition) is 7. The van der Waals surface area contributed by atoms with E-state index in [-0.39, 0.29) is 12.3 Å². The lowest BCUT2D eigenvalue weighted by Crippen LogP contribution is -2.41. The third-order valence-corrected chi connectivity index (χ3v) is 8.01. The molecule has 12 heteroatoms. The number of nitrogens with one attached hydrogen (secondary N) is 1. The van der Waals surface area contributed by atoms with E-state index < -0.39 is 12.3 Å². The van der Waals surface area contributed by atoms with Gasteiger partial charge in [-0.3, -0.25) is 4.79 Å². The molecule has 0 atom stereocenters. The molecular weight excluding hydrogens is 619 g/mol. The summed E-state index contributed by atoms with van der Waals surface area (Å²) in [6.07, 6.45) is 2.36. The molecule has 8 nitrogen and oxygen atoms in total. The van der Waals surface area contributed by atoms with Crippen molar-refractivity contribution in [3.05, 3.63) is 117 Å². The number of nitrogens with zero attached hydrogens (tertiary/aromatic N) is 3. The maximum atomic E-state index is 13.2. The van der Waals surface area contributed by atoms with Crippen molar-refractivity contribution in [3.8, 4) is 0 Å². The molecule has 0 fully saturated rings. The van der Waals surface area contributed by atoms with Crippen molar-refractivity contribution in [2.24, 2.45) is 5.10 Å². The Balaban J connectivity index is 1.55. The predicted octanol–water partition coefficient (Wildman–Crippen LogP) is 7.59. The zero-order chi connectivity index (χ0) is 30.1. The molecule has 1 aromatic heterocycles. The molecule has 0 radical (unpaired) electrons. The molecule has 0 aliphatic rings. The number of aromatic nitrogens is 1. The maximum absolute atomic E-state index is 13.2. The molecule has 4 aromatic rings. The van der Waals surface area contributed by atoms with Gasteiger partial charge in [-0.05, 0) is 54.1 Å². The van der Waals surface area contributed by atoms with Crippen molar-refractivity contribution in [1.82, 2.24) is 10.3 Å². The molecule has 1 N–H and O–H groups in total. The number of hydrazone groups is 1. The Kier molecular flexibility index (Phi) is 11.4. The standard InChI is InChI=1S/C30H25Cl3N4O4S/c1-40-27(41-2)18-35-30(39)37(36-16-19-6-4-3-5-7-19)22-14-24(31)29(25(32)15-22)42-23-11-8-20(9-12-23)28(38)21-10-13-26(33)34-17-21/h3-17,27H,18H2,1-2H3,(H,35,39). The zero-order valence-electron chi connectivity index (χ0n) is 22.5. The molecule has 0 bridgehead atoms. The second kappa shape index (κ2) is 15.2. The van der Waals surface area contributed by atoms with Gasteiger partial charge in [-0.2, -0.15) is 10.1 Å². The highest BCUT2D eigenvalue weighted by atomic mass is 35.5. The number of ketones is 1. The summed E-state index contributed by atoms with van der Waals surface area (Å²) in [7, 11) is 2.95. The maximum Gasteiger partial charge on any atom is 0.342 e. The molecule has 4 rings (SSSR count). The van der Waals surface area contributed by atoms with Crippen LogP contribution in [0.2, 0.25) is 15.2 Å². The van der Waals surface area contributed by atoms with Crippen molar-refractivity contribution < 1.29 is 19.1 Å². The summed E-state index contributed by atoms with van der Waals surface area (Å²) in [6, 6.07) is 22.2. The molecule has 0 spiro atoms. The molecule has 0 saturated carbocycles. The van der Waals surface area contributed by atoms with Gasteiger partial charge in [0.25, 0.3) is 0 Å². The Morgan fingerprint density at radius 3 is 2.19 bits per heavy atom. The molecule has 1 heterocycles. The molecule has 42 heavy (non-hydrogen) atoms. The van der Waals surface area contributed by atoms with Gasteiger partial charge in [0, 0.05) is 41.3 Å². The van der Waals surface area contributed by atoms with Gasteiger partial charge in [-0.15, -0.1) is 0 Å². The fourth-order valence-electron chi connectivity index (χ4n) is 3.64. The van der Waals surface area contributed by atoms with Crippen molar-refractivity contribution in [2.75, 3.05) is 25.8 Å². The zero-order valence-corrected chi connectivity index (χ0v) is 25.5. The van der Waals surface area contributed by atoms with Crippen molar-refractivity contribution in [1.29, 1.82) is 0 Å². The third kappa shape index (κ3) is 8.32. The fraction of sp³-hybridized carbons (Fsp3) is 0.133. The van der Waals surface area contributed by atoms with Gasteiger partial charge in [-0.1, -0.05) is 76.9 Å². The number of carbonyl (C=O) groups is 2. The van der Waals surface area contributed by atoms with Crippen LogP contribution < -0.4 is 10.3 Å². The van der Waals surface area contributed by atoms with Crippen LogP contribution in [-0.2, 0) is 9.47 Å². The van der Waals surface area contributed by atoms with Crippen molar-refractivity contribution in [3.63, 3.8) is 0 Å². The largest absolute Gasteiger partial charge is 0.354 e. The van der Waals surface area contributed by atoms with E-state index >= 15 is 0 Å². The van der Waals surface area contributed by atoms with Crippen LogP contribution >= 0.6 is 46.6 Å². The van der Waals surface area contributed by atoms with E-state index in [4.69, 9.17) is 44.3 Å². The average molecular weight is 644 g/mol. The van der Waals surface area contributed by atoms with Gasteiger partial charge < -0.3 is 14.8 Å². The average Bonchev–Trinajstić information content (AvgIpc) is 3.00. The summed E-state index contributed by atoms with van der Waals surface area (Å²) >= 11 is 20.5. The first kappa shape index (κ1) is 31.5. The Labute approximate surface area is 262 Å². The third-order valence-electron chi connectivity index (χ3n) is 5.81. The lowest BCUT2D eigenvalue weighted by molar-refractivity contribution is -0.0970. The van der Waals surface area contributed by atoms with E-state index in [1.54, 1.807) is 54.7 Å². The van der Waals surface area contributed by atoms with E-state index in [0.29, 0.717) is 36.9 Å². The number of benzene rings is 3. The summed E-state index contributed by atoms with van der Waals surface area (Å²) in [5, 5.41) is 9.23. The Morgan fingerprint density at radius 2 is 1.60 bits per heavy atom. The summed E-state index contributed by atoms with van der Waals surface area (Å²) in [4.78, 5) is 31.3. The van der Waals surface area contributed by atoms with E-state index in [1.165, 1.54) is 32.2 Å². The van der Waals surface area contributed by atoms with Gasteiger partial charge in [0.2, 0.25) is 0 Å². The number of amides is 2. The van der Waals surface area contributed by atoms with Crippen LogP contribution in [0.4, 0.5) is 10.5 Å². The second-order valence-electron chi connectivity index (χ2n) is 8.62. The van der Waals surface area contributed by atoms with E-state index in [1.807, 2.05) is 30.3 Å². The topological polar surface area (TPSA) is 93.1 Å². The molecular formula is C30H25Cl3N4O4S. The molecule has 216 valence electrons. The monoisotopic (exact) mass is 642 g/mol. The Bertz CT molecular complexity index is 1530. The quantitative estimate of drug-likeness (QED) is 0.0595. The minimum absolute atomic E-state index is 0.0889. The van der Waals surface area contributed by atoms with Crippen LogP contribution in [0.3, 0.4) is 0 Å². The number of hydrogen-bond donors (Lipinski definition) is 1. The van der Waals surface area contributed by atoms with Crippen LogP contribution in [0.1, 0.15) is 21.5 Å². The summed E-state index contributed by atoms with van der Waals surface area (Å²) < 4.78 is 10.3. The number of rotatable bonds is 11. The smallest absolute Gasteiger partial charge is 0.342 e. The fourth-order valence-corrected chi connectivity index (χ4v) is 5.28. The van der Waals surface area contributed by atoms with Crippen LogP contribution in [-0.4, -0.2) is 50.1 Å². The Morgan fingerprint density at radius 1 is 0.952 bits per heavy atom. The minimum Gasteiger partial charge on any atom is -0.354 e. The van der Waals surface area contributed by atoms with Gasteiger partial charge in [-0.25, -0.2) is 9.78 Å². The first-order valence-electron chi connectivity index (χ1n) is 12.4.